The van der Waals surface area contributed by atoms with Gasteiger partial charge in [0.05, 0.1) is 6.61 Å². The predicted molar refractivity (Wildman–Crippen MR) is 177 cm³/mol. The van der Waals surface area contributed by atoms with Crippen LogP contribution in [0.2, 0.25) is 0 Å². The molecule has 0 radical (unpaired) electrons. The Hall–Kier alpha value is -2.69. The Morgan fingerprint density at radius 3 is 1.80 bits per heavy atom. The highest BCUT2D eigenvalue weighted by Crippen LogP contribution is 2.27. The van der Waals surface area contributed by atoms with Crippen molar-refractivity contribution in [1.29, 1.82) is 0 Å². The average Bonchev–Trinajstić information content (AvgIpc) is 3.00. The SMILES string of the molecule is CCCCCCCCCC(=O)OCC(COC(=O)CCCCCCCCC)OCCc1ccc2c(OS(=O)(=O)O)cccc2c1. The van der Waals surface area contributed by atoms with Crippen molar-refractivity contribution in [1.82, 2.24) is 0 Å². The van der Waals surface area contributed by atoms with E-state index in [0.717, 1.165) is 49.5 Å². The second-order valence-corrected chi connectivity index (χ2v) is 12.7. The summed E-state index contributed by atoms with van der Waals surface area (Å²) in [4.78, 5) is 24.7. The monoisotopic (exact) mass is 650 g/mol. The second-order valence-electron chi connectivity index (χ2n) is 11.7. The topological polar surface area (TPSA) is 125 Å². The minimum absolute atomic E-state index is 0.00803. The first-order chi connectivity index (χ1) is 21.7. The normalized spacial score (nSPS) is 11.6. The number of fused-ring (bicyclic) bond motifs is 1. The van der Waals surface area contributed by atoms with E-state index in [4.69, 9.17) is 18.8 Å². The summed E-state index contributed by atoms with van der Waals surface area (Å²) in [7, 11) is -4.64. The van der Waals surface area contributed by atoms with Gasteiger partial charge in [-0.05, 0) is 36.3 Å². The number of hydrogen-bond donors (Lipinski definition) is 1. The molecule has 0 heterocycles. The molecule has 0 amide bonds. The van der Waals surface area contributed by atoms with Crippen LogP contribution in [0.5, 0.6) is 5.75 Å². The summed E-state index contributed by atoms with van der Waals surface area (Å²) in [6.07, 6.45) is 16.3. The molecule has 0 fully saturated rings. The van der Waals surface area contributed by atoms with Crippen LogP contribution in [-0.2, 0) is 40.6 Å². The molecule has 0 aromatic heterocycles. The highest BCUT2D eigenvalue weighted by molar-refractivity contribution is 7.81. The molecule has 1 N–H and O–H groups in total. The number of unbranched alkanes of at least 4 members (excludes halogenated alkanes) is 12. The Morgan fingerprint density at radius 1 is 0.733 bits per heavy atom. The van der Waals surface area contributed by atoms with Gasteiger partial charge in [-0.2, -0.15) is 8.42 Å². The van der Waals surface area contributed by atoms with Gasteiger partial charge in [-0.3, -0.25) is 14.1 Å². The van der Waals surface area contributed by atoms with Crippen LogP contribution in [0.15, 0.2) is 36.4 Å². The zero-order valence-corrected chi connectivity index (χ0v) is 28.1. The molecule has 0 saturated carbocycles. The van der Waals surface area contributed by atoms with Gasteiger partial charge < -0.3 is 18.4 Å². The maximum atomic E-state index is 12.4. The average molecular weight is 651 g/mol. The molecule has 0 aliphatic heterocycles. The minimum atomic E-state index is -4.64. The lowest BCUT2D eigenvalue weighted by Crippen LogP contribution is -2.29. The molecular formula is C35H54O9S. The summed E-state index contributed by atoms with van der Waals surface area (Å²) >= 11 is 0. The molecule has 9 nitrogen and oxygen atoms in total. The number of ether oxygens (including phenoxy) is 3. The Morgan fingerprint density at radius 2 is 1.27 bits per heavy atom. The third-order valence-electron chi connectivity index (χ3n) is 7.67. The van der Waals surface area contributed by atoms with Crippen LogP contribution in [0.25, 0.3) is 10.8 Å². The first kappa shape index (κ1) is 38.5. The van der Waals surface area contributed by atoms with Crippen molar-refractivity contribution in [3.05, 3.63) is 42.0 Å². The number of esters is 2. The number of rotatable bonds is 26. The Bertz CT molecular complexity index is 1190. The molecule has 0 atom stereocenters. The maximum absolute atomic E-state index is 12.4. The summed E-state index contributed by atoms with van der Waals surface area (Å²) in [6, 6.07) is 10.3. The Kier molecular flexibility index (Phi) is 19.5. The molecule has 2 aromatic carbocycles. The van der Waals surface area contributed by atoms with Crippen molar-refractivity contribution in [3.63, 3.8) is 0 Å². The third-order valence-corrected chi connectivity index (χ3v) is 8.06. The lowest BCUT2D eigenvalue weighted by Gasteiger charge is -2.18. The van der Waals surface area contributed by atoms with Crippen LogP contribution in [-0.4, -0.2) is 50.8 Å². The molecule has 0 unspecified atom stereocenters. The molecule has 0 saturated heterocycles. The summed E-state index contributed by atoms with van der Waals surface area (Å²) in [6.45, 7) is 4.69. The van der Waals surface area contributed by atoms with E-state index in [2.05, 4.69) is 18.0 Å². The molecule has 0 bridgehead atoms. The molecule has 0 aliphatic rings. The van der Waals surface area contributed by atoms with Gasteiger partial charge in [0.1, 0.15) is 19.3 Å². The fourth-order valence-electron chi connectivity index (χ4n) is 5.10. The van der Waals surface area contributed by atoms with Crippen LogP contribution < -0.4 is 4.18 Å². The van der Waals surface area contributed by atoms with Gasteiger partial charge in [0.2, 0.25) is 0 Å². The third kappa shape index (κ3) is 18.1. The second kappa shape index (κ2) is 22.8. The first-order valence-electron chi connectivity index (χ1n) is 16.8. The van der Waals surface area contributed by atoms with Crippen molar-refractivity contribution in [2.75, 3.05) is 19.8 Å². The van der Waals surface area contributed by atoms with Crippen LogP contribution in [0, 0.1) is 0 Å². The highest BCUT2D eigenvalue weighted by Gasteiger charge is 2.16. The van der Waals surface area contributed by atoms with Crippen LogP contribution in [0.3, 0.4) is 0 Å². The minimum Gasteiger partial charge on any atom is -0.463 e. The zero-order valence-electron chi connectivity index (χ0n) is 27.3. The summed E-state index contributed by atoms with van der Waals surface area (Å²) in [5.41, 5.74) is 0.928. The van der Waals surface area contributed by atoms with Crippen molar-refractivity contribution in [2.24, 2.45) is 0 Å². The summed E-state index contributed by atoms with van der Waals surface area (Å²) in [5, 5.41) is 1.28. The van der Waals surface area contributed by atoms with Gasteiger partial charge in [0.25, 0.3) is 0 Å². The van der Waals surface area contributed by atoms with E-state index in [9.17, 15) is 18.0 Å². The van der Waals surface area contributed by atoms with E-state index in [1.807, 2.05) is 18.2 Å². The fraction of sp³-hybridized carbons (Fsp3) is 0.657. The van der Waals surface area contributed by atoms with Gasteiger partial charge in [-0.15, -0.1) is 0 Å². The van der Waals surface area contributed by atoms with Gasteiger partial charge in [0.15, 0.2) is 5.75 Å². The summed E-state index contributed by atoms with van der Waals surface area (Å²) in [5.74, 6) is -0.512. The van der Waals surface area contributed by atoms with E-state index >= 15 is 0 Å². The number of carbonyl (C=O) groups is 2. The molecule has 254 valence electrons. The van der Waals surface area contributed by atoms with E-state index in [0.29, 0.717) is 31.3 Å². The molecular weight excluding hydrogens is 596 g/mol. The smallest absolute Gasteiger partial charge is 0.446 e. The molecule has 45 heavy (non-hydrogen) atoms. The van der Waals surface area contributed by atoms with Crippen molar-refractivity contribution >= 4 is 33.1 Å². The molecule has 0 spiro atoms. The zero-order chi connectivity index (χ0) is 32.8. The standard InChI is InChI=1S/C35H54O9S/c1-3-5-7-9-11-13-15-20-34(36)42-27-31(28-43-35(37)21-16-14-12-10-8-6-4-2)41-25-24-29-22-23-32-30(26-29)18-17-19-33(32)44-45(38,39)40/h17-19,22-23,26,31H,3-16,20-21,24-25,27-28H2,1-2H3,(H,38,39,40). The largest absolute Gasteiger partial charge is 0.463 e. The quantitative estimate of drug-likeness (QED) is 0.0608. The molecule has 2 aromatic rings. The van der Waals surface area contributed by atoms with Crippen molar-refractivity contribution < 1.29 is 41.0 Å². The molecule has 10 heteroatoms. The number of carbonyl (C=O) groups excluding carboxylic acids is 2. The van der Waals surface area contributed by atoms with Crippen molar-refractivity contribution in [2.45, 2.75) is 129 Å². The Balaban J connectivity index is 1.85. The van der Waals surface area contributed by atoms with Crippen LogP contribution >= 0.6 is 0 Å². The fourth-order valence-corrected chi connectivity index (χ4v) is 5.47. The van der Waals surface area contributed by atoms with E-state index in [1.54, 1.807) is 12.1 Å². The molecule has 0 aliphatic carbocycles. The first-order valence-corrected chi connectivity index (χ1v) is 18.2. The predicted octanol–water partition coefficient (Wildman–Crippen LogP) is 8.32. The Labute approximate surface area is 270 Å². The van der Waals surface area contributed by atoms with E-state index in [-0.39, 0.29) is 30.9 Å². The maximum Gasteiger partial charge on any atom is 0.446 e. The van der Waals surface area contributed by atoms with E-state index in [1.165, 1.54) is 57.4 Å². The van der Waals surface area contributed by atoms with Crippen LogP contribution in [0.1, 0.15) is 122 Å². The molecule has 2 rings (SSSR count). The van der Waals surface area contributed by atoms with Crippen LogP contribution in [0.4, 0.5) is 0 Å². The van der Waals surface area contributed by atoms with Gasteiger partial charge in [0, 0.05) is 18.2 Å². The highest BCUT2D eigenvalue weighted by atomic mass is 32.3. The lowest BCUT2D eigenvalue weighted by atomic mass is 10.0. The lowest BCUT2D eigenvalue weighted by molar-refractivity contribution is -0.155. The number of benzene rings is 2. The van der Waals surface area contributed by atoms with E-state index < -0.39 is 16.5 Å². The van der Waals surface area contributed by atoms with Gasteiger partial charge in [-0.1, -0.05) is 121 Å². The summed E-state index contributed by atoms with van der Waals surface area (Å²) < 4.78 is 53.1. The van der Waals surface area contributed by atoms with Crippen molar-refractivity contribution in [3.8, 4) is 5.75 Å². The number of hydrogen-bond acceptors (Lipinski definition) is 8. The van der Waals surface area contributed by atoms with Gasteiger partial charge in [-0.25, -0.2) is 0 Å². The van der Waals surface area contributed by atoms with Gasteiger partial charge >= 0.3 is 22.3 Å².